The van der Waals surface area contributed by atoms with Gasteiger partial charge >= 0.3 is 0 Å². The maximum Gasteiger partial charge on any atom is 0.254 e. The predicted octanol–water partition coefficient (Wildman–Crippen LogP) is 2.05. The van der Waals surface area contributed by atoms with Crippen LogP contribution in [0.3, 0.4) is 0 Å². The first kappa shape index (κ1) is 17.2. The fourth-order valence-electron chi connectivity index (χ4n) is 3.82. The molecule has 0 aliphatic carbocycles. The van der Waals surface area contributed by atoms with E-state index in [1.807, 2.05) is 17.5 Å². The molecule has 3 aromatic rings. The molecule has 2 aliphatic heterocycles. The van der Waals surface area contributed by atoms with Crippen LogP contribution in [0.15, 0.2) is 24.3 Å². The van der Waals surface area contributed by atoms with Crippen LogP contribution in [0.4, 0.5) is 5.82 Å². The molecule has 2 aromatic heterocycles. The Labute approximate surface area is 163 Å². The molecule has 0 radical (unpaired) electrons. The first-order valence-electron chi connectivity index (χ1n) is 9.79. The number of aromatic nitrogens is 4. The normalized spacial score (nSPS) is 16.9. The number of rotatable bonds is 4. The number of ether oxygens (including phenoxy) is 2. The van der Waals surface area contributed by atoms with Gasteiger partial charge in [-0.3, -0.25) is 4.90 Å². The van der Waals surface area contributed by atoms with Crippen molar-refractivity contribution in [2.24, 2.45) is 0 Å². The van der Waals surface area contributed by atoms with Crippen molar-refractivity contribution < 1.29 is 9.47 Å². The zero-order valence-corrected chi connectivity index (χ0v) is 16.3. The van der Waals surface area contributed by atoms with Crippen LogP contribution in [0.2, 0.25) is 0 Å². The zero-order chi connectivity index (χ0) is 19.1. The maximum atomic E-state index is 5.50. The smallest absolute Gasteiger partial charge is 0.254 e. The fourth-order valence-corrected chi connectivity index (χ4v) is 3.82. The van der Waals surface area contributed by atoms with Gasteiger partial charge in [-0.25, -0.2) is 4.98 Å². The van der Waals surface area contributed by atoms with Gasteiger partial charge in [0.1, 0.15) is 5.82 Å². The Morgan fingerprint density at radius 3 is 2.64 bits per heavy atom. The summed E-state index contributed by atoms with van der Waals surface area (Å²) >= 11 is 0. The lowest BCUT2D eigenvalue weighted by Gasteiger charge is -2.36. The van der Waals surface area contributed by atoms with Crippen molar-refractivity contribution in [2.45, 2.75) is 26.8 Å². The number of hydrogen-bond acceptors (Lipinski definition) is 7. The van der Waals surface area contributed by atoms with Crippen LogP contribution in [-0.2, 0) is 13.0 Å². The van der Waals surface area contributed by atoms with Crippen LogP contribution in [0.1, 0.15) is 24.0 Å². The van der Waals surface area contributed by atoms with E-state index in [2.05, 4.69) is 50.0 Å². The summed E-state index contributed by atoms with van der Waals surface area (Å²) in [7, 11) is 0. The monoisotopic (exact) mass is 380 g/mol. The minimum absolute atomic E-state index is 0.319. The number of hydrogen-bond donors (Lipinski definition) is 0. The molecule has 0 amide bonds. The van der Waals surface area contributed by atoms with Crippen LogP contribution in [-0.4, -0.2) is 57.5 Å². The lowest BCUT2D eigenvalue weighted by molar-refractivity contribution is 0.174. The quantitative estimate of drug-likeness (QED) is 0.686. The highest BCUT2D eigenvalue weighted by molar-refractivity contribution is 5.48. The molecule has 2 aliphatic rings. The lowest BCUT2D eigenvalue weighted by atomic mass is 10.1. The Kier molecular flexibility index (Phi) is 4.27. The van der Waals surface area contributed by atoms with Gasteiger partial charge in [-0.2, -0.15) is 9.50 Å². The first-order valence-corrected chi connectivity index (χ1v) is 9.79. The minimum Gasteiger partial charge on any atom is -0.454 e. The van der Waals surface area contributed by atoms with Crippen molar-refractivity contribution in [1.82, 2.24) is 24.5 Å². The Morgan fingerprint density at radius 1 is 1.00 bits per heavy atom. The molecule has 0 atom stereocenters. The van der Waals surface area contributed by atoms with Crippen molar-refractivity contribution in [2.75, 3.05) is 37.9 Å². The second kappa shape index (κ2) is 6.94. The lowest BCUT2D eigenvalue weighted by Crippen LogP contribution is -2.46. The molecule has 0 unspecified atom stereocenters. The summed E-state index contributed by atoms with van der Waals surface area (Å²) in [6, 6.07) is 8.32. The van der Waals surface area contributed by atoms with Gasteiger partial charge in [0, 0.05) is 50.9 Å². The number of piperazine rings is 1. The molecule has 4 heterocycles. The van der Waals surface area contributed by atoms with Crippen LogP contribution in [0, 0.1) is 6.92 Å². The number of benzene rings is 1. The second-order valence-electron chi connectivity index (χ2n) is 7.30. The summed E-state index contributed by atoms with van der Waals surface area (Å²) in [5.74, 6) is 4.29. The Bertz CT molecular complexity index is 1010. The summed E-state index contributed by atoms with van der Waals surface area (Å²) in [6.07, 6.45) is 0.811. The average molecular weight is 380 g/mol. The molecule has 1 saturated heterocycles. The first-order chi connectivity index (χ1) is 13.7. The van der Waals surface area contributed by atoms with Gasteiger partial charge in [0.15, 0.2) is 17.3 Å². The highest BCUT2D eigenvalue weighted by Gasteiger charge is 2.22. The predicted molar refractivity (Wildman–Crippen MR) is 105 cm³/mol. The van der Waals surface area contributed by atoms with Crippen LogP contribution < -0.4 is 14.4 Å². The van der Waals surface area contributed by atoms with E-state index >= 15 is 0 Å². The van der Waals surface area contributed by atoms with Crippen LogP contribution >= 0.6 is 0 Å². The van der Waals surface area contributed by atoms with Gasteiger partial charge in [-0.15, -0.1) is 5.10 Å². The SMILES string of the molecule is CCc1nc2nc(C)cc(N3CCN(Cc4ccc5c(c4)OCO5)CC3)n2n1. The Morgan fingerprint density at radius 2 is 1.82 bits per heavy atom. The van der Waals surface area contributed by atoms with Gasteiger partial charge in [0.2, 0.25) is 6.79 Å². The van der Waals surface area contributed by atoms with Crippen molar-refractivity contribution >= 4 is 11.6 Å². The number of nitrogens with zero attached hydrogens (tertiary/aromatic N) is 6. The number of fused-ring (bicyclic) bond motifs is 2. The van der Waals surface area contributed by atoms with Crippen molar-refractivity contribution in [3.05, 3.63) is 41.3 Å². The van der Waals surface area contributed by atoms with Crippen LogP contribution in [0.5, 0.6) is 11.5 Å². The van der Waals surface area contributed by atoms with Crippen LogP contribution in [0.25, 0.3) is 5.78 Å². The third-order valence-electron chi connectivity index (χ3n) is 5.32. The second-order valence-corrected chi connectivity index (χ2v) is 7.30. The van der Waals surface area contributed by atoms with Gasteiger partial charge < -0.3 is 14.4 Å². The van der Waals surface area contributed by atoms with E-state index in [1.165, 1.54) is 5.56 Å². The van der Waals surface area contributed by atoms with E-state index in [1.54, 1.807) is 0 Å². The molecular weight excluding hydrogens is 356 g/mol. The standard InChI is InChI=1S/C20H24N6O2/c1-3-18-22-20-21-14(2)10-19(26(20)23-18)25-8-6-24(7-9-25)12-15-4-5-16-17(11-15)28-13-27-16/h4-5,10-11H,3,6-9,12-13H2,1-2H3. The summed E-state index contributed by atoms with van der Waals surface area (Å²) in [5, 5.41) is 4.63. The summed E-state index contributed by atoms with van der Waals surface area (Å²) < 4.78 is 12.8. The van der Waals surface area contributed by atoms with E-state index in [0.717, 1.165) is 68.0 Å². The Balaban J connectivity index is 1.29. The minimum atomic E-state index is 0.319. The molecule has 1 fully saturated rings. The van der Waals surface area contributed by atoms with Crippen molar-refractivity contribution in [3.8, 4) is 11.5 Å². The highest BCUT2D eigenvalue weighted by Crippen LogP contribution is 2.33. The van der Waals surface area contributed by atoms with Crippen molar-refractivity contribution in [3.63, 3.8) is 0 Å². The molecule has 0 spiro atoms. The van der Waals surface area contributed by atoms with Gasteiger partial charge in [-0.1, -0.05) is 13.0 Å². The zero-order valence-electron chi connectivity index (χ0n) is 16.3. The fraction of sp³-hybridized carbons (Fsp3) is 0.450. The molecule has 8 heteroatoms. The van der Waals surface area contributed by atoms with Gasteiger partial charge in [0.25, 0.3) is 5.78 Å². The molecule has 28 heavy (non-hydrogen) atoms. The topological polar surface area (TPSA) is 68.0 Å². The molecule has 0 N–H and O–H groups in total. The molecule has 0 saturated carbocycles. The van der Waals surface area contributed by atoms with E-state index in [-0.39, 0.29) is 0 Å². The molecule has 8 nitrogen and oxygen atoms in total. The van der Waals surface area contributed by atoms with E-state index in [0.29, 0.717) is 12.6 Å². The molecule has 1 aromatic carbocycles. The number of aryl methyl sites for hydroxylation is 2. The maximum absolute atomic E-state index is 5.50. The van der Waals surface area contributed by atoms with E-state index < -0.39 is 0 Å². The summed E-state index contributed by atoms with van der Waals surface area (Å²) in [4.78, 5) is 13.9. The Hall–Kier alpha value is -2.87. The summed E-state index contributed by atoms with van der Waals surface area (Å²) in [5.41, 5.74) is 2.23. The molecule has 146 valence electrons. The highest BCUT2D eigenvalue weighted by atomic mass is 16.7. The third-order valence-corrected chi connectivity index (χ3v) is 5.32. The average Bonchev–Trinajstić information content (AvgIpc) is 3.34. The summed E-state index contributed by atoms with van der Waals surface area (Å²) in [6.45, 7) is 9.20. The van der Waals surface area contributed by atoms with E-state index in [9.17, 15) is 0 Å². The van der Waals surface area contributed by atoms with Gasteiger partial charge in [-0.05, 0) is 24.6 Å². The molecule has 5 rings (SSSR count). The molecule has 0 bridgehead atoms. The largest absolute Gasteiger partial charge is 0.454 e. The van der Waals surface area contributed by atoms with Gasteiger partial charge in [0.05, 0.1) is 0 Å². The molecular formula is C20H24N6O2. The van der Waals surface area contributed by atoms with E-state index in [4.69, 9.17) is 9.47 Å². The number of anilines is 1. The third kappa shape index (κ3) is 3.13. The van der Waals surface area contributed by atoms with Crippen molar-refractivity contribution in [1.29, 1.82) is 0 Å².